The van der Waals surface area contributed by atoms with E-state index < -0.39 is 0 Å². The number of nitrogens with zero attached hydrogens (tertiary/aromatic N) is 1. The third-order valence-corrected chi connectivity index (χ3v) is 2.80. The van der Waals surface area contributed by atoms with Crippen LogP contribution in [0.4, 0.5) is 10.2 Å². The minimum absolute atomic E-state index is 0.229. The predicted octanol–water partition coefficient (Wildman–Crippen LogP) is 2.39. The van der Waals surface area contributed by atoms with Crippen LogP contribution >= 0.6 is 0 Å². The van der Waals surface area contributed by atoms with Crippen LogP contribution < -0.4 is 10.5 Å². The van der Waals surface area contributed by atoms with Crippen molar-refractivity contribution in [2.24, 2.45) is 0 Å². The summed E-state index contributed by atoms with van der Waals surface area (Å²) in [5.74, 6) is 0.695. The van der Waals surface area contributed by atoms with Gasteiger partial charge < -0.3 is 15.0 Å². The van der Waals surface area contributed by atoms with Crippen molar-refractivity contribution in [1.29, 1.82) is 0 Å². The molecule has 0 atom stereocenters. The van der Waals surface area contributed by atoms with E-state index in [2.05, 4.69) is 5.16 Å². The van der Waals surface area contributed by atoms with Crippen LogP contribution in [0.25, 0.3) is 11.3 Å². The van der Waals surface area contributed by atoms with Gasteiger partial charge >= 0.3 is 0 Å². The van der Waals surface area contributed by atoms with Crippen LogP contribution in [0.1, 0.15) is 12.0 Å². The molecule has 0 aliphatic carbocycles. The first kappa shape index (κ1) is 10.1. The Morgan fingerprint density at radius 1 is 1.35 bits per heavy atom. The number of hydrogen-bond acceptors (Lipinski definition) is 4. The Bertz CT molecular complexity index is 566. The standard InChI is InChI=1S/C12H11FN2O2/c13-8-4-3-7-2-1-5-16-12(7)11(8)9-6-10(14)15-17-9/h3-4,6H,1-2,5H2,(H2,14,15). The van der Waals surface area contributed by atoms with E-state index in [1.165, 1.54) is 12.1 Å². The van der Waals surface area contributed by atoms with Gasteiger partial charge in [0.15, 0.2) is 11.6 Å². The Labute approximate surface area is 97.2 Å². The summed E-state index contributed by atoms with van der Waals surface area (Å²) in [6.07, 6.45) is 1.82. The van der Waals surface area contributed by atoms with Gasteiger partial charge in [0.25, 0.3) is 0 Å². The number of fused-ring (bicyclic) bond motifs is 1. The third-order valence-electron chi connectivity index (χ3n) is 2.80. The van der Waals surface area contributed by atoms with Crippen molar-refractivity contribution >= 4 is 5.82 Å². The van der Waals surface area contributed by atoms with Crippen LogP contribution in [-0.4, -0.2) is 11.8 Å². The number of anilines is 1. The first-order chi connectivity index (χ1) is 8.25. The lowest BCUT2D eigenvalue weighted by Crippen LogP contribution is -2.10. The molecule has 17 heavy (non-hydrogen) atoms. The summed E-state index contributed by atoms with van der Waals surface area (Å²) in [6, 6.07) is 4.66. The van der Waals surface area contributed by atoms with Crippen LogP contribution in [0.5, 0.6) is 5.75 Å². The molecule has 5 heteroatoms. The molecule has 2 heterocycles. The van der Waals surface area contributed by atoms with E-state index in [-0.39, 0.29) is 11.6 Å². The zero-order valence-electron chi connectivity index (χ0n) is 9.07. The largest absolute Gasteiger partial charge is 0.492 e. The molecular weight excluding hydrogens is 223 g/mol. The van der Waals surface area contributed by atoms with E-state index in [9.17, 15) is 4.39 Å². The zero-order chi connectivity index (χ0) is 11.8. The molecule has 2 N–H and O–H groups in total. The summed E-state index contributed by atoms with van der Waals surface area (Å²) in [7, 11) is 0. The van der Waals surface area contributed by atoms with Gasteiger partial charge in [0.1, 0.15) is 11.6 Å². The maximum atomic E-state index is 13.9. The van der Waals surface area contributed by atoms with Gasteiger partial charge in [0.2, 0.25) is 0 Å². The van der Waals surface area contributed by atoms with E-state index in [0.717, 1.165) is 18.4 Å². The average molecular weight is 234 g/mol. The van der Waals surface area contributed by atoms with Gasteiger partial charge in [0, 0.05) is 6.07 Å². The van der Waals surface area contributed by atoms with Crippen molar-refractivity contribution in [1.82, 2.24) is 5.16 Å². The van der Waals surface area contributed by atoms with E-state index in [0.29, 0.717) is 23.7 Å². The van der Waals surface area contributed by atoms with Crippen molar-refractivity contribution in [2.45, 2.75) is 12.8 Å². The molecular formula is C12H11FN2O2. The second-order valence-corrected chi connectivity index (χ2v) is 3.98. The number of aryl methyl sites for hydroxylation is 1. The number of hydrogen-bond donors (Lipinski definition) is 1. The second-order valence-electron chi connectivity index (χ2n) is 3.98. The maximum absolute atomic E-state index is 13.9. The van der Waals surface area contributed by atoms with Crippen molar-refractivity contribution in [3.05, 3.63) is 29.6 Å². The van der Waals surface area contributed by atoms with Gasteiger partial charge in [-0.1, -0.05) is 11.2 Å². The Balaban J connectivity index is 2.20. The number of nitrogens with two attached hydrogens (primary N) is 1. The molecule has 0 spiro atoms. The Kier molecular flexibility index (Phi) is 2.24. The highest BCUT2D eigenvalue weighted by Gasteiger charge is 2.22. The molecule has 1 aliphatic rings. The van der Waals surface area contributed by atoms with Crippen LogP contribution in [0.3, 0.4) is 0 Å². The molecule has 88 valence electrons. The minimum Gasteiger partial charge on any atom is -0.492 e. The van der Waals surface area contributed by atoms with Crippen molar-refractivity contribution in [2.75, 3.05) is 12.3 Å². The predicted molar refractivity (Wildman–Crippen MR) is 60.1 cm³/mol. The monoisotopic (exact) mass is 234 g/mol. The molecule has 4 nitrogen and oxygen atoms in total. The van der Waals surface area contributed by atoms with Gasteiger partial charge in [0.05, 0.1) is 12.2 Å². The topological polar surface area (TPSA) is 61.3 Å². The first-order valence-electron chi connectivity index (χ1n) is 5.42. The Hall–Kier alpha value is -2.04. The molecule has 1 aromatic carbocycles. The highest BCUT2D eigenvalue weighted by molar-refractivity contribution is 5.70. The highest BCUT2D eigenvalue weighted by atomic mass is 19.1. The van der Waals surface area contributed by atoms with Crippen LogP contribution in [0, 0.1) is 5.82 Å². The van der Waals surface area contributed by atoms with Crippen LogP contribution in [0.2, 0.25) is 0 Å². The van der Waals surface area contributed by atoms with E-state index in [4.69, 9.17) is 15.0 Å². The molecule has 3 rings (SSSR count). The van der Waals surface area contributed by atoms with Gasteiger partial charge in [-0.3, -0.25) is 0 Å². The molecule has 0 unspecified atom stereocenters. The molecule has 0 saturated heterocycles. The van der Waals surface area contributed by atoms with Crippen LogP contribution in [-0.2, 0) is 6.42 Å². The number of aromatic nitrogens is 1. The van der Waals surface area contributed by atoms with Crippen molar-refractivity contribution < 1.29 is 13.7 Å². The SMILES string of the molecule is Nc1cc(-c2c(F)ccc3c2OCCC3)on1. The molecule has 0 fully saturated rings. The summed E-state index contributed by atoms with van der Waals surface area (Å²) in [4.78, 5) is 0. The smallest absolute Gasteiger partial charge is 0.175 e. The molecule has 2 aromatic rings. The molecule has 0 bridgehead atoms. The fraction of sp³-hybridized carbons (Fsp3) is 0.250. The summed E-state index contributed by atoms with van der Waals surface area (Å²) < 4.78 is 24.4. The van der Waals surface area contributed by atoms with E-state index >= 15 is 0 Å². The third kappa shape index (κ3) is 1.63. The van der Waals surface area contributed by atoms with Crippen molar-refractivity contribution in [3.8, 4) is 17.1 Å². The van der Waals surface area contributed by atoms with Crippen molar-refractivity contribution in [3.63, 3.8) is 0 Å². The first-order valence-corrected chi connectivity index (χ1v) is 5.42. The molecule has 1 aliphatic heterocycles. The molecule has 0 saturated carbocycles. The Morgan fingerprint density at radius 2 is 2.24 bits per heavy atom. The van der Waals surface area contributed by atoms with Crippen LogP contribution in [0.15, 0.2) is 22.7 Å². The lowest BCUT2D eigenvalue weighted by molar-refractivity contribution is 0.287. The number of halogens is 1. The summed E-state index contributed by atoms with van der Waals surface area (Å²) >= 11 is 0. The van der Waals surface area contributed by atoms with E-state index in [1.807, 2.05) is 0 Å². The Morgan fingerprint density at radius 3 is 3.00 bits per heavy atom. The quantitative estimate of drug-likeness (QED) is 0.822. The minimum atomic E-state index is -0.387. The number of ether oxygens (including phenoxy) is 1. The maximum Gasteiger partial charge on any atom is 0.175 e. The zero-order valence-corrected chi connectivity index (χ0v) is 9.07. The summed E-state index contributed by atoms with van der Waals surface area (Å²) in [6.45, 7) is 0.590. The summed E-state index contributed by atoms with van der Waals surface area (Å²) in [5, 5.41) is 3.56. The lowest BCUT2D eigenvalue weighted by Gasteiger charge is -2.19. The molecule has 0 amide bonds. The fourth-order valence-electron chi connectivity index (χ4n) is 2.04. The number of rotatable bonds is 1. The van der Waals surface area contributed by atoms with Gasteiger partial charge in [-0.15, -0.1) is 0 Å². The molecule has 0 radical (unpaired) electrons. The number of benzene rings is 1. The van der Waals surface area contributed by atoms with Gasteiger partial charge in [-0.25, -0.2) is 4.39 Å². The normalized spacial score (nSPS) is 14.2. The average Bonchev–Trinajstić information content (AvgIpc) is 2.75. The van der Waals surface area contributed by atoms with Gasteiger partial charge in [-0.05, 0) is 24.5 Å². The summed E-state index contributed by atoms with van der Waals surface area (Å²) in [5.41, 5.74) is 6.77. The lowest BCUT2D eigenvalue weighted by atomic mass is 10.0. The fourth-order valence-corrected chi connectivity index (χ4v) is 2.04. The highest BCUT2D eigenvalue weighted by Crippen LogP contribution is 2.38. The second kappa shape index (κ2) is 3.76. The van der Waals surface area contributed by atoms with Gasteiger partial charge in [-0.2, -0.15) is 0 Å². The number of nitrogen functional groups attached to an aromatic ring is 1. The van der Waals surface area contributed by atoms with E-state index in [1.54, 1.807) is 6.07 Å². The molecule has 1 aromatic heterocycles.